The van der Waals surface area contributed by atoms with Gasteiger partial charge in [0.2, 0.25) is 0 Å². The van der Waals surface area contributed by atoms with Gasteiger partial charge in [0, 0.05) is 14.9 Å². The zero-order valence-corrected chi connectivity index (χ0v) is 12.6. The third kappa shape index (κ3) is 4.05. The van der Waals surface area contributed by atoms with Gasteiger partial charge in [-0.15, -0.1) is 0 Å². The van der Waals surface area contributed by atoms with Gasteiger partial charge < -0.3 is 0 Å². The molecule has 98 valence electrons. The molecule has 6 heteroatoms. The minimum atomic E-state index is -0.276. The highest BCUT2D eigenvalue weighted by Crippen LogP contribution is 2.23. The van der Waals surface area contributed by atoms with E-state index in [1.165, 1.54) is 18.0 Å². The number of halogens is 3. The molecule has 0 atom stereocenters. The van der Waals surface area contributed by atoms with Crippen LogP contribution in [0.1, 0.15) is 10.4 Å². The average molecular weight is 333 g/mol. The molecule has 0 radical (unpaired) electrons. The van der Waals surface area contributed by atoms with E-state index in [4.69, 9.17) is 34.8 Å². The van der Waals surface area contributed by atoms with Crippen molar-refractivity contribution in [1.29, 1.82) is 0 Å². The van der Waals surface area contributed by atoms with Crippen molar-refractivity contribution in [2.24, 2.45) is 0 Å². The third-order valence-electron chi connectivity index (χ3n) is 2.25. The molecule has 0 saturated heterocycles. The number of carbonyl (C=O) groups is 1. The van der Waals surface area contributed by atoms with Crippen LogP contribution in [0.15, 0.2) is 47.4 Å². The maximum Gasteiger partial charge on any atom is 0.262 e. The summed E-state index contributed by atoms with van der Waals surface area (Å²) < 4.78 is 2.70. The Bertz CT molecular complexity index is 601. The molecule has 1 N–H and O–H groups in total. The van der Waals surface area contributed by atoms with Crippen molar-refractivity contribution >= 4 is 52.7 Å². The largest absolute Gasteiger partial charge is 0.292 e. The lowest BCUT2D eigenvalue weighted by molar-refractivity contribution is 0.0984. The Kier molecular flexibility index (Phi) is 4.99. The van der Waals surface area contributed by atoms with E-state index in [-0.39, 0.29) is 5.91 Å². The number of hydrogen-bond acceptors (Lipinski definition) is 2. The Hall–Kier alpha value is -0.870. The van der Waals surface area contributed by atoms with E-state index in [1.807, 2.05) is 12.1 Å². The van der Waals surface area contributed by atoms with Gasteiger partial charge in [-0.3, -0.25) is 9.52 Å². The molecule has 0 saturated carbocycles. The number of hydrogen-bond donors (Lipinski definition) is 1. The molecule has 0 bridgehead atoms. The van der Waals surface area contributed by atoms with Gasteiger partial charge in [0.05, 0.1) is 10.6 Å². The Labute approximate surface area is 130 Å². The summed E-state index contributed by atoms with van der Waals surface area (Å²) in [5.41, 5.74) is 0.382. The number of nitrogens with one attached hydrogen (secondary N) is 1. The zero-order chi connectivity index (χ0) is 13.8. The molecule has 0 aliphatic rings. The summed E-state index contributed by atoms with van der Waals surface area (Å²) in [6, 6.07) is 11.9. The topological polar surface area (TPSA) is 29.1 Å². The maximum atomic E-state index is 11.9. The fourth-order valence-corrected chi connectivity index (χ4v) is 2.55. The van der Waals surface area contributed by atoms with Gasteiger partial charge in [-0.05, 0) is 54.4 Å². The summed E-state index contributed by atoms with van der Waals surface area (Å²) in [5, 5.41) is 1.46. The number of rotatable bonds is 3. The van der Waals surface area contributed by atoms with Crippen molar-refractivity contribution in [3.05, 3.63) is 63.1 Å². The average Bonchev–Trinajstić information content (AvgIpc) is 2.37. The first-order valence-electron chi connectivity index (χ1n) is 5.24. The summed E-state index contributed by atoms with van der Waals surface area (Å²) >= 11 is 18.7. The molecular weight excluding hydrogens is 325 g/mol. The summed E-state index contributed by atoms with van der Waals surface area (Å²) in [7, 11) is 0. The standard InChI is InChI=1S/C13H8Cl3NOS/c14-8-1-4-10(5-2-8)19-17-13(18)11-6-3-9(15)7-12(11)16/h1-7H,(H,17,18). The van der Waals surface area contributed by atoms with Crippen LogP contribution in [0.5, 0.6) is 0 Å². The minimum Gasteiger partial charge on any atom is -0.292 e. The maximum absolute atomic E-state index is 11.9. The van der Waals surface area contributed by atoms with Gasteiger partial charge in [0.1, 0.15) is 0 Å². The SMILES string of the molecule is O=C(NSc1ccc(Cl)cc1)c1ccc(Cl)cc1Cl. The van der Waals surface area contributed by atoms with E-state index in [0.717, 1.165) is 4.90 Å². The molecule has 1 amide bonds. The van der Waals surface area contributed by atoms with E-state index >= 15 is 0 Å². The molecule has 2 aromatic carbocycles. The summed E-state index contributed by atoms with van der Waals surface area (Å²) in [4.78, 5) is 12.8. The molecule has 19 heavy (non-hydrogen) atoms. The van der Waals surface area contributed by atoms with Crippen molar-refractivity contribution in [1.82, 2.24) is 4.72 Å². The van der Waals surface area contributed by atoms with Crippen molar-refractivity contribution in [3.8, 4) is 0 Å². The highest BCUT2D eigenvalue weighted by atomic mass is 35.5. The first kappa shape index (κ1) is 14.5. The van der Waals surface area contributed by atoms with Crippen LogP contribution in [0.25, 0.3) is 0 Å². The van der Waals surface area contributed by atoms with Gasteiger partial charge in [0.15, 0.2) is 0 Å². The van der Waals surface area contributed by atoms with Crippen LogP contribution in [0.2, 0.25) is 15.1 Å². The Morgan fingerprint density at radius 1 is 0.947 bits per heavy atom. The van der Waals surface area contributed by atoms with Crippen molar-refractivity contribution < 1.29 is 4.79 Å². The monoisotopic (exact) mass is 331 g/mol. The summed E-state index contributed by atoms with van der Waals surface area (Å²) in [6.07, 6.45) is 0. The Morgan fingerprint density at radius 3 is 2.21 bits per heavy atom. The molecule has 0 aromatic heterocycles. The number of amides is 1. The van der Waals surface area contributed by atoms with Crippen LogP contribution in [-0.4, -0.2) is 5.91 Å². The minimum absolute atomic E-state index is 0.276. The second-order valence-electron chi connectivity index (χ2n) is 3.61. The molecule has 0 aliphatic heterocycles. The Morgan fingerprint density at radius 2 is 1.58 bits per heavy atom. The predicted octanol–water partition coefficient (Wildman–Crippen LogP) is 5.08. The molecule has 0 aliphatic carbocycles. The number of carbonyl (C=O) groups excluding carboxylic acids is 1. The predicted molar refractivity (Wildman–Crippen MR) is 81.2 cm³/mol. The lowest BCUT2D eigenvalue weighted by Crippen LogP contribution is -2.16. The lowest BCUT2D eigenvalue weighted by Gasteiger charge is -2.06. The van der Waals surface area contributed by atoms with Crippen LogP contribution in [0.4, 0.5) is 0 Å². The molecule has 0 fully saturated rings. The van der Waals surface area contributed by atoms with E-state index in [9.17, 15) is 4.79 Å². The smallest absolute Gasteiger partial charge is 0.262 e. The molecule has 0 heterocycles. The fourth-order valence-electron chi connectivity index (χ4n) is 1.34. The van der Waals surface area contributed by atoms with Gasteiger partial charge in [-0.25, -0.2) is 0 Å². The molecular formula is C13H8Cl3NOS. The molecule has 2 nitrogen and oxygen atoms in total. The third-order valence-corrected chi connectivity index (χ3v) is 3.85. The van der Waals surface area contributed by atoms with Crippen LogP contribution in [0.3, 0.4) is 0 Å². The van der Waals surface area contributed by atoms with Crippen LogP contribution in [0, 0.1) is 0 Å². The first-order valence-corrected chi connectivity index (χ1v) is 7.19. The number of benzene rings is 2. The first-order chi connectivity index (χ1) is 9.06. The van der Waals surface area contributed by atoms with Gasteiger partial charge in [-0.1, -0.05) is 34.8 Å². The molecule has 0 unspecified atom stereocenters. The molecule has 0 spiro atoms. The highest BCUT2D eigenvalue weighted by Gasteiger charge is 2.10. The van der Waals surface area contributed by atoms with Gasteiger partial charge in [-0.2, -0.15) is 0 Å². The highest BCUT2D eigenvalue weighted by molar-refractivity contribution is 7.98. The van der Waals surface area contributed by atoms with Gasteiger partial charge >= 0.3 is 0 Å². The van der Waals surface area contributed by atoms with Crippen molar-refractivity contribution in [2.75, 3.05) is 0 Å². The van der Waals surface area contributed by atoms with E-state index in [1.54, 1.807) is 24.3 Å². The van der Waals surface area contributed by atoms with E-state index in [0.29, 0.717) is 20.6 Å². The van der Waals surface area contributed by atoms with Crippen LogP contribution in [-0.2, 0) is 0 Å². The molecule has 2 rings (SSSR count). The van der Waals surface area contributed by atoms with Crippen LogP contribution < -0.4 is 4.72 Å². The van der Waals surface area contributed by atoms with Crippen molar-refractivity contribution in [3.63, 3.8) is 0 Å². The van der Waals surface area contributed by atoms with Crippen LogP contribution >= 0.6 is 46.8 Å². The summed E-state index contributed by atoms with van der Waals surface area (Å²) in [5.74, 6) is -0.276. The van der Waals surface area contributed by atoms with Gasteiger partial charge in [0.25, 0.3) is 5.91 Å². The fraction of sp³-hybridized carbons (Fsp3) is 0. The van der Waals surface area contributed by atoms with E-state index < -0.39 is 0 Å². The zero-order valence-electron chi connectivity index (χ0n) is 9.49. The second-order valence-corrected chi connectivity index (χ2v) is 5.77. The second kappa shape index (κ2) is 6.53. The summed E-state index contributed by atoms with van der Waals surface area (Å²) in [6.45, 7) is 0. The van der Waals surface area contributed by atoms with Crippen molar-refractivity contribution in [2.45, 2.75) is 4.90 Å². The quantitative estimate of drug-likeness (QED) is 0.794. The lowest BCUT2D eigenvalue weighted by atomic mass is 10.2. The van der Waals surface area contributed by atoms with E-state index in [2.05, 4.69) is 4.72 Å². The normalized spacial score (nSPS) is 10.3. The Balaban J connectivity index is 2.03. The molecule has 2 aromatic rings.